The van der Waals surface area contributed by atoms with Gasteiger partial charge in [0.15, 0.2) is 17.5 Å². The summed E-state index contributed by atoms with van der Waals surface area (Å²) in [7, 11) is 0. The van der Waals surface area contributed by atoms with Crippen molar-refractivity contribution in [2.45, 2.75) is 50.7 Å². The van der Waals surface area contributed by atoms with E-state index in [2.05, 4.69) is 4.74 Å². The average Bonchev–Trinajstić information content (AvgIpc) is 3.26. The van der Waals surface area contributed by atoms with Gasteiger partial charge >= 0.3 is 6.11 Å². The molecule has 1 aliphatic heterocycles. The molecule has 1 saturated heterocycles. The molecule has 1 aliphatic carbocycles. The Balaban J connectivity index is 1.51. The lowest BCUT2D eigenvalue weighted by atomic mass is 9.84. The molecule has 174 valence electrons. The molecule has 4 rings (SSSR count). The molecule has 2 nitrogen and oxygen atoms in total. The average molecular weight is 462 g/mol. The maximum absolute atomic E-state index is 14.5. The second-order valence-electron chi connectivity index (χ2n) is 8.38. The molecule has 2 atom stereocenters. The Labute approximate surface area is 180 Å². The molecule has 0 radical (unpaired) electrons. The number of hydrogen-bond acceptors (Lipinski definition) is 2. The van der Waals surface area contributed by atoms with Gasteiger partial charge in [0.05, 0.1) is 12.7 Å². The van der Waals surface area contributed by atoms with Crippen molar-refractivity contribution >= 4 is 0 Å². The fourth-order valence-electron chi connectivity index (χ4n) is 4.68. The summed E-state index contributed by atoms with van der Waals surface area (Å²) in [5.41, 5.74) is -1.63. The molecule has 1 heterocycles. The fourth-order valence-corrected chi connectivity index (χ4v) is 4.68. The summed E-state index contributed by atoms with van der Waals surface area (Å²) < 4.78 is 107. The van der Waals surface area contributed by atoms with Crippen LogP contribution in [-0.4, -0.2) is 6.61 Å². The quantitative estimate of drug-likeness (QED) is 0.347. The predicted octanol–water partition coefficient (Wildman–Crippen LogP) is 7.17. The van der Waals surface area contributed by atoms with Gasteiger partial charge in [0, 0.05) is 12.1 Å². The van der Waals surface area contributed by atoms with Crippen LogP contribution in [0.3, 0.4) is 0 Å². The summed E-state index contributed by atoms with van der Waals surface area (Å²) in [6, 6.07) is 1.82. The summed E-state index contributed by atoms with van der Waals surface area (Å²) in [6.45, 7) is 0.446. The summed E-state index contributed by atoms with van der Waals surface area (Å²) in [6.07, 6.45) is 0.777. The molecule has 2 aliphatic rings. The first-order valence-corrected chi connectivity index (χ1v) is 10.5. The van der Waals surface area contributed by atoms with Crippen molar-refractivity contribution in [3.8, 4) is 5.75 Å². The molecule has 2 aromatic rings. The third kappa shape index (κ3) is 4.58. The van der Waals surface area contributed by atoms with Gasteiger partial charge in [-0.15, -0.1) is 0 Å². The van der Waals surface area contributed by atoms with E-state index in [4.69, 9.17) is 4.74 Å². The van der Waals surface area contributed by atoms with E-state index in [0.717, 1.165) is 31.4 Å². The highest BCUT2D eigenvalue weighted by molar-refractivity contribution is 5.32. The molecule has 0 bridgehead atoms. The Bertz CT molecular complexity index is 934. The molecule has 32 heavy (non-hydrogen) atoms. The molecule has 0 spiro atoms. The molecule has 0 N–H and O–H groups in total. The second kappa shape index (κ2) is 8.92. The van der Waals surface area contributed by atoms with Crippen LogP contribution < -0.4 is 4.74 Å². The van der Waals surface area contributed by atoms with Gasteiger partial charge in [0.1, 0.15) is 22.9 Å². The highest BCUT2D eigenvalue weighted by atomic mass is 19.3. The summed E-state index contributed by atoms with van der Waals surface area (Å²) in [5, 5.41) is 0. The van der Waals surface area contributed by atoms with Gasteiger partial charge in [-0.05, 0) is 42.4 Å². The highest BCUT2D eigenvalue weighted by Gasteiger charge is 2.42. The third-order valence-electron chi connectivity index (χ3n) is 6.31. The number of hydrogen-bond donors (Lipinski definition) is 0. The zero-order valence-electron chi connectivity index (χ0n) is 17.0. The smallest absolute Gasteiger partial charge is 0.429 e. The van der Waals surface area contributed by atoms with E-state index in [1.807, 2.05) is 0 Å². The minimum atomic E-state index is -4.61. The lowest BCUT2D eigenvalue weighted by molar-refractivity contribution is -0.189. The van der Waals surface area contributed by atoms with Crippen molar-refractivity contribution in [1.29, 1.82) is 0 Å². The second-order valence-corrected chi connectivity index (χ2v) is 8.38. The first-order valence-electron chi connectivity index (χ1n) is 10.5. The Morgan fingerprint density at radius 2 is 1.34 bits per heavy atom. The summed E-state index contributed by atoms with van der Waals surface area (Å²) in [4.78, 5) is 0. The molecular weight excluding hydrogens is 441 g/mol. The number of halogens is 7. The van der Waals surface area contributed by atoms with Gasteiger partial charge in [-0.2, -0.15) is 8.78 Å². The Kier molecular flexibility index (Phi) is 6.38. The van der Waals surface area contributed by atoms with E-state index < -0.39 is 52.6 Å². The minimum Gasteiger partial charge on any atom is -0.429 e. The zero-order chi connectivity index (χ0) is 23.0. The lowest BCUT2D eigenvalue weighted by Gasteiger charge is -2.33. The normalized spacial score (nSPS) is 22.3. The molecule has 0 aromatic heterocycles. The van der Waals surface area contributed by atoms with Crippen molar-refractivity contribution < 1.29 is 40.2 Å². The summed E-state index contributed by atoms with van der Waals surface area (Å²) in [5.74, 6) is -8.77. The van der Waals surface area contributed by atoms with Gasteiger partial charge in [-0.25, -0.2) is 22.0 Å². The van der Waals surface area contributed by atoms with Gasteiger partial charge in [-0.3, -0.25) is 0 Å². The van der Waals surface area contributed by atoms with E-state index in [1.54, 1.807) is 0 Å². The maximum atomic E-state index is 14.5. The monoisotopic (exact) mass is 462 g/mol. The van der Waals surface area contributed by atoms with E-state index in [0.29, 0.717) is 24.9 Å². The zero-order valence-corrected chi connectivity index (χ0v) is 17.0. The van der Waals surface area contributed by atoms with Crippen LogP contribution in [0.15, 0.2) is 24.3 Å². The van der Waals surface area contributed by atoms with Gasteiger partial charge in [-0.1, -0.05) is 25.7 Å². The van der Waals surface area contributed by atoms with E-state index in [1.165, 1.54) is 12.8 Å². The number of benzene rings is 2. The lowest BCUT2D eigenvalue weighted by Crippen LogP contribution is -2.27. The van der Waals surface area contributed by atoms with Crippen LogP contribution in [0.5, 0.6) is 5.75 Å². The van der Waals surface area contributed by atoms with Gasteiger partial charge in [0.25, 0.3) is 0 Å². The van der Waals surface area contributed by atoms with Crippen LogP contribution in [0.1, 0.15) is 55.8 Å². The van der Waals surface area contributed by atoms with E-state index >= 15 is 0 Å². The summed E-state index contributed by atoms with van der Waals surface area (Å²) >= 11 is 0. The molecule has 2 aromatic carbocycles. The molecule has 0 amide bonds. The van der Waals surface area contributed by atoms with Gasteiger partial charge in [0.2, 0.25) is 0 Å². The molecule has 9 heteroatoms. The molecule has 1 saturated carbocycles. The highest BCUT2D eigenvalue weighted by Crippen LogP contribution is 2.42. The maximum Gasteiger partial charge on any atom is 0.432 e. The van der Waals surface area contributed by atoms with Crippen molar-refractivity contribution in [2.75, 3.05) is 6.61 Å². The van der Waals surface area contributed by atoms with Crippen molar-refractivity contribution in [1.82, 2.24) is 0 Å². The first kappa shape index (κ1) is 22.9. The van der Waals surface area contributed by atoms with Crippen LogP contribution in [0.2, 0.25) is 0 Å². The largest absolute Gasteiger partial charge is 0.432 e. The third-order valence-corrected chi connectivity index (χ3v) is 6.31. The SMILES string of the molecule is Fc1cc(OC(F)(F)c2c(F)cc(C3CCC(C4CCCC4)CO3)cc2F)cc(F)c1F. The Hall–Kier alpha value is -2.29. The molecule has 2 fully saturated rings. The van der Waals surface area contributed by atoms with Crippen molar-refractivity contribution in [2.24, 2.45) is 11.8 Å². The topological polar surface area (TPSA) is 18.5 Å². The fraction of sp³-hybridized carbons (Fsp3) is 0.478. The number of alkyl halides is 2. The predicted molar refractivity (Wildman–Crippen MR) is 101 cm³/mol. The van der Waals surface area contributed by atoms with Crippen molar-refractivity contribution in [3.63, 3.8) is 0 Å². The molecular formula is C23H21F7O2. The Morgan fingerprint density at radius 3 is 1.88 bits per heavy atom. The van der Waals surface area contributed by atoms with Crippen LogP contribution in [-0.2, 0) is 10.8 Å². The first-order chi connectivity index (χ1) is 15.2. The van der Waals surface area contributed by atoms with E-state index in [-0.39, 0.29) is 17.7 Å². The van der Waals surface area contributed by atoms with Crippen LogP contribution in [0.25, 0.3) is 0 Å². The minimum absolute atomic E-state index is 0.0864. The standard InChI is InChI=1S/C23H21F7O2/c24-16-7-14(20-6-5-13(11-31-20)12-3-1-2-4-12)8-17(25)21(16)23(29,30)32-15-9-18(26)22(28)19(27)10-15/h7-10,12-13,20H,1-6,11H2. The van der Waals surface area contributed by atoms with Crippen molar-refractivity contribution in [3.05, 3.63) is 64.5 Å². The van der Waals surface area contributed by atoms with Crippen LogP contribution in [0, 0.1) is 40.9 Å². The van der Waals surface area contributed by atoms with Crippen LogP contribution >= 0.6 is 0 Å². The number of rotatable bonds is 5. The molecule has 2 unspecified atom stereocenters. The number of ether oxygens (including phenoxy) is 2. The van der Waals surface area contributed by atoms with Gasteiger partial charge < -0.3 is 9.47 Å². The van der Waals surface area contributed by atoms with E-state index in [9.17, 15) is 30.7 Å². The Morgan fingerprint density at radius 1 is 0.750 bits per heavy atom. The van der Waals surface area contributed by atoms with Crippen LogP contribution in [0.4, 0.5) is 30.7 Å².